The number of hydrogen-bond acceptors (Lipinski definition) is 2. The second kappa shape index (κ2) is 5.68. The molecule has 0 aliphatic heterocycles. The molecular formula is C4H6BrLiO2. The summed E-state index contributed by atoms with van der Waals surface area (Å²) in [7, 11) is 0. The molecule has 0 rings (SSSR count). The van der Waals surface area contributed by atoms with Crippen molar-refractivity contribution in [1.29, 1.82) is 0 Å². The maximum Gasteiger partial charge on any atom is 1.00 e. The number of carboxylic acid groups (broad SMARTS) is 1. The Morgan fingerprint density at radius 2 is 2.25 bits per heavy atom. The molecule has 0 radical (unpaired) electrons. The van der Waals surface area contributed by atoms with Crippen LogP contribution in [0.2, 0.25) is 0 Å². The molecule has 0 aromatic heterocycles. The van der Waals surface area contributed by atoms with Crippen LogP contribution in [-0.2, 0) is 4.79 Å². The molecule has 0 saturated carbocycles. The molecule has 2 nitrogen and oxygen atoms in total. The summed E-state index contributed by atoms with van der Waals surface area (Å²) >= 11 is 2.88. The van der Waals surface area contributed by atoms with Gasteiger partial charge < -0.3 is 9.90 Å². The van der Waals surface area contributed by atoms with E-state index in [1.54, 1.807) is 6.92 Å². The first-order chi connectivity index (χ1) is 3.18. The van der Waals surface area contributed by atoms with Gasteiger partial charge in [-0.1, -0.05) is 22.9 Å². The van der Waals surface area contributed by atoms with Crippen LogP contribution in [0.4, 0.5) is 0 Å². The maximum absolute atomic E-state index is 9.77. The molecule has 1 unspecified atom stereocenters. The van der Waals surface area contributed by atoms with Crippen molar-refractivity contribution >= 4 is 21.9 Å². The average Bonchev–Trinajstić information content (AvgIpc) is 1.65. The predicted molar refractivity (Wildman–Crippen MR) is 28.0 cm³/mol. The molecule has 0 spiro atoms. The van der Waals surface area contributed by atoms with Gasteiger partial charge in [0.2, 0.25) is 0 Å². The van der Waals surface area contributed by atoms with E-state index in [2.05, 4.69) is 15.9 Å². The van der Waals surface area contributed by atoms with Gasteiger partial charge in [0.05, 0.1) is 10.8 Å². The number of carbonyl (C=O) groups excluding carboxylic acids is 1. The molecule has 0 heterocycles. The Morgan fingerprint density at radius 1 is 1.88 bits per heavy atom. The van der Waals surface area contributed by atoms with Crippen LogP contribution < -0.4 is 24.0 Å². The van der Waals surface area contributed by atoms with Crippen LogP contribution in [0.1, 0.15) is 13.3 Å². The zero-order chi connectivity index (χ0) is 5.86. The van der Waals surface area contributed by atoms with Crippen LogP contribution in [0.15, 0.2) is 0 Å². The SMILES string of the molecule is CCC(Br)C(=O)[O-].[Li+]. The molecule has 1 atom stereocenters. The van der Waals surface area contributed by atoms with Crippen molar-refractivity contribution in [3.8, 4) is 0 Å². The minimum absolute atomic E-state index is 0. The van der Waals surface area contributed by atoms with Gasteiger partial charge in [-0.05, 0) is 6.42 Å². The van der Waals surface area contributed by atoms with Gasteiger partial charge in [-0.3, -0.25) is 0 Å². The van der Waals surface area contributed by atoms with Gasteiger partial charge in [-0.2, -0.15) is 0 Å². The van der Waals surface area contributed by atoms with E-state index in [1.807, 2.05) is 0 Å². The first kappa shape index (κ1) is 11.4. The molecular weight excluding hydrogens is 167 g/mol. The standard InChI is InChI=1S/C4H7BrO2.Li/c1-2-3(5)4(6)7;/h3H,2H2,1H3,(H,6,7);/q;+1/p-1. The van der Waals surface area contributed by atoms with Crippen molar-refractivity contribution in [1.82, 2.24) is 0 Å². The number of carbonyl (C=O) groups is 1. The number of alkyl halides is 1. The Morgan fingerprint density at radius 3 is 2.25 bits per heavy atom. The summed E-state index contributed by atoms with van der Waals surface area (Å²) in [5, 5.41) is 9.77. The molecule has 0 amide bonds. The fourth-order valence-electron chi connectivity index (χ4n) is 0.167. The second-order valence-electron chi connectivity index (χ2n) is 1.19. The van der Waals surface area contributed by atoms with Crippen LogP contribution in [0.5, 0.6) is 0 Å². The molecule has 0 bridgehead atoms. The van der Waals surface area contributed by atoms with Crippen LogP contribution in [-0.4, -0.2) is 10.8 Å². The third-order valence-corrected chi connectivity index (χ3v) is 1.64. The Labute approximate surface area is 69.0 Å². The molecule has 0 aliphatic carbocycles. The zero-order valence-corrected chi connectivity index (χ0v) is 6.56. The van der Waals surface area contributed by atoms with Gasteiger partial charge in [-0.25, -0.2) is 0 Å². The molecule has 4 heteroatoms. The van der Waals surface area contributed by atoms with Crippen LogP contribution in [0, 0.1) is 0 Å². The van der Waals surface area contributed by atoms with Crippen LogP contribution in [0.3, 0.4) is 0 Å². The third kappa shape index (κ3) is 4.70. The van der Waals surface area contributed by atoms with Gasteiger partial charge in [-0.15, -0.1) is 0 Å². The molecule has 0 saturated heterocycles. The summed E-state index contributed by atoms with van der Waals surface area (Å²) in [6.45, 7) is 1.77. The van der Waals surface area contributed by atoms with Crippen molar-refractivity contribution in [2.24, 2.45) is 0 Å². The fraction of sp³-hybridized carbons (Fsp3) is 0.750. The van der Waals surface area contributed by atoms with E-state index in [1.165, 1.54) is 0 Å². The molecule has 8 heavy (non-hydrogen) atoms. The van der Waals surface area contributed by atoms with Gasteiger partial charge in [0.15, 0.2) is 0 Å². The van der Waals surface area contributed by atoms with E-state index >= 15 is 0 Å². The van der Waals surface area contributed by atoms with E-state index in [9.17, 15) is 9.90 Å². The monoisotopic (exact) mass is 172 g/mol. The Kier molecular flexibility index (Phi) is 8.06. The Bertz CT molecular complexity index is 76.4. The number of carboxylic acids is 1. The van der Waals surface area contributed by atoms with Crippen molar-refractivity contribution < 1.29 is 28.8 Å². The van der Waals surface area contributed by atoms with Crippen molar-refractivity contribution in [2.75, 3.05) is 0 Å². The van der Waals surface area contributed by atoms with E-state index < -0.39 is 10.8 Å². The van der Waals surface area contributed by atoms with Gasteiger partial charge in [0.1, 0.15) is 0 Å². The first-order valence-corrected chi connectivity index (χ1v) is 2.95. The van der Waals surface area contributed by atoms with Crippen LogP contribution >= 0.6 is 15.9 Å². The topological polar surface area (TPSA) is 40.1 Å². The van der Waals surface area contributed by atoms with Gasteiger partial charge in [0.25, 0.3) is 0 Å². The number of halogens is 1. The number of hydrogen-bond donors (Lipinski definition) is 0. The normalized spacial score (nSPS) is 11.8. The quantitative estimate of drug-likeness (QED) is 0.328. The third-order valence-electron chi connectivity index (χ3n) is 0.614. The summed E-state index contributed by atoms with van der Waals surface area (Å²) in [5.74, 6) is -1.04. The summed E-state index contributed by atoms with van der Waals surface area (Å²) in [5.41, 5.74) is 0. The predicted octanol–water partition coefficient (Wildman–Crippen LogP) is -3.09. The Hall–Kier alpha value is 0.547. The number of aliphatic carboxylic acids is 1. The fourth-order valence-corrected chi connectivity index (χ4v) is 0.167. The average molecular weight is 173 g/mol. The van der Waals surface area contributed by atoms with Crippen LogP contribution in [0.25, 0.3) is 0 Å². The summed E-state index contributed by atoms with van der Waals surface area (Å²) in [6, 6.07) is 0. The van der Waals surface area contributed by atoms with Crippen molar-refractivity contribution in [2.45, 2.75) is 18.2 Å². The van der Waals surface area contributed by atoms with Crippen molar-refractivity contribution in [3.63, 3.8) is 0 Å². The summed E-state index contributed by atoms with van der Waals surface area (Å²) in [6.07, 6.45) is 0.572. The molecule has 0 aromatic rings. The summed E-state index contributed by atoms with van der Waals surface area (Å²) < 4.78 is 0. The molecule has 0 N–H and O–H groups in total. The van der Waals surface area contributed by atoms with E-state index in [-0.39, 0.29) is 18.9 Å². The smallest absolute Gasteiger partial charge is 0.549 e. The minimum atomic E-state index is -1.04. The van der Waals surface area contributed by atoms with E-state index in [4.69, 9.17) is 0 Å². The molecule has 0 aliphatic rings. The van der Waals surface area contributed by atoms with Gasteiger partial charge in [0, 0.05) is 0 Å². The summed E-state index contributed by atoms with van der Waals surface area (Å²) in [4.78, 5) is 9.29. The molecule has 0 fully saturated rings. The molecule has 0 aromatic carbocycles. The molecule has 42 valence electrons. The zero-order valence-electron chi connectivity index (χ0n) is 4.98. The Balaban J connectivity index is 0. The first-order valence-electron chi connectivity index (χ1n) is 2.03. The minimum Gasteiger partial charge on any atom is -0.549 e. The van der Waals surface area contributed by atoms with E-state index in [0.29, 0.717) is 6.42 Å². The number of rotatable bonds is 2. The van der Waals surface area contributed by atoms with E-state index in [0.717, 1.165) is 0 Å². The van der Waals surface area contributed by atoms with Crippen molar-refractivity contribution in [3.05, 3.63) is 0 Å². The second-order valence-corrected chi connectivity index (χ2v) is 2.30. The van der Waals surface area contributed by atoms with Gasteiger partial charge >= 0.3 is 18.9 Å². The maximum atomic E-state index is 9.77. The largest absolute Gasteiger partial charge is 1.00 e.